The second-order valence-corrected chi connectivity index (χ2v) is 5.90. The van der Waals surface area contributed by atoms with Crippen molar-refractivity contribution in [2.75, 3.05) is 19.3 Å². The molecule has 0 bridgehead atoms. The van der Waals surface area contributed by atoms with Crippen LogP contribution >= 0.6 is 36.2 Å². The van der Waals surface area contributed by atoms with E-state index >= 15 is 0 Å². The van der Waals surface area contributed by atoms with Gasteiger partial charge in [0.25, 0.3) is 0 Å². The summed E-state index contributed by atoms with van der Waals surface area (Å²) in [7, 11) is 2.26. The summed E-state index contributed by atoms with van der Waals surface area (Å²) in [5.74, 6) is 0.817. The summed E-state index contributed by atoms with van der Waals surface area (Å²) in [6.07, 6.45) is 5.03. The fourth-order valence-corrected chi connectivity index (χ4v) is 3.95. The average molecular weight is 296 g/mol. The number of rotatable bonds is 0. The molecule has 0 spiro atoms. The molecular formula is C11H19Cl2N3S. The molecular weight excluding hydrogens is 277 g/mol. The molecule has 98 valence electrons. The Morgan fingerprint density at radius 2 is 2.12 bits per heavy atom. The third-order valence-corrected chi connectivity index (χ3v) is 4.79. The van der Waals surface area contributed by atoms with Crippen LogP contribution in [-0.2, 0) is 12.8 Å². The van der Waals surface area contributed by atoms with E-state index in [1.807, 2.05) is 0 Å². The molecule has 0 aromatic carbocycles. The molecule has 0 saturated carbocycles. The van der Waals surface area contributed by atoms with Crippen LogP contribution in [0, 0.1) is 5.92 Å². The lowest BCUT2D eigenvalue weighted by atomic mass is 9.80. The molecule has 2 N–H and O–H groups in total. The maximum absolute atomic E-state index is 5.78. The van der Waals surface area contributed by atoms with Crippen LogP contribution in [0.15, 0.2) is 0 Å². The van der Waals surface area contributed by atoms with Crippen LogP contribution in [0.3, 0.4) is 0 Å². The van der Waals surface area contributed by atoms with Gasteiger partial charge in [-0.25, -0.2) is 4.98 Å². The number of likely N-dealkylation sites (N-methyl/N-ethyl adjacent to an activating group) is 1. The molecule has 0 unspecified atom stereocenters. The lowest BCUT2D eigenvalue weighted by molar-refractivity contribution is 0.112. The van der Waals surface area contributed by atoms with Gasteiger partial charge in [-0.15, -0.1) is 36.2 Å². The summed E-state index contributed by atoms with van der Waals surface area (Å²) in [5.41, 5.74) is 7.06. The summed E-state index contributed by atoms with van der Waals surface area (Å²) in [6, 6.07) is 0.742. The number of piperidine rings is 1. The molecule has 0 amide bonds. The number of halogens is 2. The van der Waals surface area contributed by atoms with E-state index in [1.54, 1.807) is 11.3 Å². The third kappa shape index (κ3) is 2.70. The molecule has 2 heterocycles. The monoisotopic (exact) mass is 295 g/mol. The standard InChI is InChI=1S/C11H17N3S.2ClH/c1-14-4-2-3-7-5-8-10(6-9(7)14)15-11(12)13-8;;/h7,9H,2-6H2,1H3,(H2,12,13);2*1H/t7-,9-;;/m1../s1. The van der Waals surface area contributed by atoms with E-state index in [2.05, 4.69) is 16.9 Å². The number of aromatic nitrogens is 1. The lowest BCUT2D eigenvalue weighted by Gasteiger charge is -2.41. The third-order valence-electron chi connectivity index (χ3n) is 3.84. The lowest BCUT2D eigenvalue weighted by Crippen LogP contribution is -2.46. The van der Waals surface area contributed by atoms with E-state index in [0.29, 0.717) is 0 Å². The van der Waals surface area contributed by atoms with Gasteiger partial charge in [-0.05, 0) is 45.2 Å². The van der Waals surface area contributed by atoms with E-state index in [9.17, 15) is 0 Å². The highest BCUT2D eigenvalue weighted by Gasteiger charge is 2.35. The Hall–Kier alpha value is -0.0300. The summed E-state index contributed by atoms with van der Waals surface area (Å²) in [6.45, 7) is 1.25. The Labute approximate surface area is 119 Å². The molecule has 2 atom stereocenters. The number of likely N-dealkylation sites (tertiary alicyclic amines) is 1. The molecule has 1 aromatic heterocycles. The summed E-state index contributed by atoms with van der Waals surface area (Å²) < 4.78 is 0. The second-order valence-electron chi connectivity index (χ2n) is 4.78. The highest BCUT2D eigenvalue weighted by Crippen LogP contribution is 2.36. The Balaban J connectivity index is 0.000000722. The Morgan fingerprint density at radius 1 is 1.35 bits per heavy atom. The summed E-state index contributed by atoms with van der Waals surface area (Å²) >= 11 is 1.69. The minimum absolute atomic E-state index is 0. The molecule has 3 rings (SSSR count). The largest absolute Gasteiger partial charge is 0.375 e. The predicted molar refractivity (Wildman–Crippen MR) is 77.6 cm³/mol. The van der Waals surface area contributed by atoms with E-state index in [4.69, 9.17) is 5.73 Å². The van der Waals surface area contributed by atoms with Gasteiger partial charge in [0.2, 0.25) is 0 Å². The van der Waals surface area contributed by atoms with Crippen molar-refractivity contribution in [1.82, 2.24) is 9.88 Å². The average Bonchev–Trinajstić information content (AvgIpc) is 2.55. The van der Waals surface area contributed by atoms with Crippen LogP contribution < -0.4 is 5.73 Å². The van der Waals surface area contributed by atoms with Gasteiger partial charge in [0, 0.05) is 10.9 Å². The summed E-state index contributed by atoms with van der Waals surface area (Å²) in [4.78, 5) is 8.40. The highest BCUT2D eigenvalue weighted by atomic mass is 35.5. The maximum atomic E-state index is 5.78. The minimum atomic E-state index is 0. The fourth-order valence-electron chi connectivity index (χ4n) is 3.04. The first-order chi connectivity index (χ1) is 7.24. The maximum Gasteiger partial charge on any atom is 0.180 e. The molecule has 1 fully saturated rings. The van der Waals surface area contributed by atoms with E-state index < -0.39 is 0 Å². The van der Waals surface area contributed by atoms with Crippen LogP contribution in [0.25, 0.3) is 0 Å². The Morgan fingerprint density at radius 3 is 2.88 bits per heavy atom. The van der Waals surface area contributed by atoms with Crippen molar-refractivity contribution in [1.29, 1.82) is 0 Å². The number of anilines is 1. The Bertz CT molecular complexity index is 383. The van der Waals surface area contributed by atoms with Gasteiger partial charge in [-0.1, -0.05) is 0 Å². The zero-order valence-corrected chi connectivity index (χ0v) is 12.3. The normalized spacial score (nSPS) is 27.4. The van der Waals surface area contributed by atoms with Crippen LogP contribution in [0.2, 0.25) is 0 Å². The van der Waals surface area contributed by atoms with Crippen LogP contribution in [0.1, 0.15) is 23.4 Å². The predicted octanol–water partition coefficient (Wildman–Crippen LogP) is 2.38. The van der Waals surface area contributed by atoms with Crippen LogP contribution in [0.5, 0.6) is 0 Å². The van der Waals surface area contributed by atoms with E-state index in [-0.39, 0.29) is 24.8 Å². The van der Waals surface area contributed by atoms with Crippen molar-refractivity contribution in [3.8, 4) is 0 Å². The molecule has 1 aliphatic carbocycles. The number of nitrogens with zero attached hydrogens (tertiary/aromatic N) is 2. The zero-order valence-electron chi connectivity index (χ0n) is 9.89. The topological polar surface area (TPSA) is 42.2 Å². The van der Waals surface area contributed by atoms with Gasteiger partial charge in [-0.3, -0.25) is 0 Å². The smallest absolute Gasteiger partial charge is 0.180 e. The molecule has 1 aliphatic heterocycles. The molecule has 3 nitrogen and oxygen atoms in total. The molecule has 6 heteroatoms. The van der Waals surface area contributed by atoms with Crippen molar-refractivity contribution in [2.45, 2.75) is 31.7 Å². The number of hydrogen-bond acceptors (Lipinski definition) is 4. The van der Waals surface area contributed by atoms with Gasteiger partial charge in [0.05, 0.1) is 5.69 Å². The minimum Gasteiger partial charge on any atom is -0.375 e. The number of hydrogen-bond donors (Lipinski definition) is 1. The number of nitrogen functional groups attached to an aromatic ring is 1. The van der Waals surface area contributed by atoms with Crippen molar-refractivity contribution in [3.05, 3.63) is 10.6 Å². The van der Waals surface area contributed by atoms with Crippen molar-refractivity contribution < 1.29 is 0 Å². The number of nitrogens with two attached hydrogens (primary N) is 1. The second kappa shape index (κ2) is 5.74. The first-order valence-corrected chi connectivity index (χ1v) is 6.50. The number of fused-ring (bicyclic) bond motifs is 2. The molecule has 1 aromatic rings. The van der Waals surface area contributed by atoms with E-state index in [1.165, 1.54) is 36.4 Å². The van der Waals surface area contributed by atoms with Gasteiger partial charge < -0.3 is 10.6 Å². The van der Waals surface area contributed by atoms with Gasteiger partial charge >= 0.3 is 0 Å². The van der Waals surface area contributed by atoms with Crippen LogP contribution in [-0.4, -0.2) is 29.5 Å². The first kappa shape index (κ1) is 15.0. The molecule has 1 saturated heterocycles. The van der Waals surface area contributed by atoms with Gasteiger partial charge in [0.15, 0.2) is 5.13 Å². The summed E-state index contributed by atoms with van der Waals surface area (Å²) in [5, 5.41) is 0.751. The zero-order chi connectivity index (χ0) is 10.4. The quantitative estimate of drug-likeness (QED) is 0.799. The number of thiazole rings is 1. The van der Waals surface area contributed by atoms with E-state index in [0.717, 1.165) is 23.5 Å². The van der Waals surface area contributed by atoms with Crippen LogP contribution in [0.4, 0.5) is 5.13 Å². The van der Waals surface area contributed by atoms with Crippen molar-refractivity contribution in [2.24, 2.45) is 5.92 Å². The first-order valence-electron chi connectivity index (χ1n) is 5.68. The van der Waals surface area contributed by atoms with Gasteiger partial charge in [-0.2, -0.15) is 0 Å². The Kier molecular flexibility index (Phi) is 5.07. The van der Waals surface area contributed by atoms with Crippen molar-refractivity contribution >= 4 is 41.3 Å². The van der Waals surface area contributed by atoms with Crippen molar-refractivity contribution in [3.63, 3.8) is 0 Å². The highest BCUT2D eigenvalue weighted by molar-refractivity contribution is 7.15. The molecule has 17 heavy (non-hydrogen) atoms. The molecule has 0 radical (unpaired) electrons. The van der Waals surface area contributed by atoms with Gasteiger partial charge in [0.1, 0.15) is 0 Å². The SMILES string of the molecule is CN1CCC[C@@H]2Cc3nc(N)sc3C[C@H]21.Cl.Cl. The molecule has 2 aliphatic rings. The fraction of sp³-hybridized carbons (Fsp3) is 0.727.